The van der Waals surface area contributed by atoms with Crippen LogP contribution >= 0.6 is 0 Å². The zero-order chi connectivity index (χ0) is 26.0. The molecule has 0 spiro atoms. The van der Waals surface area contributed by atoms with Gasteiger partial charge in [-0.2, -0.15) is 8.78 Å². The fourth-order valence-corrected chi connectivity index (χ4v) is 5.56. The number of sulfonamides is 1. The van der Waals surface area contributed by atoms with Gasteiger partial charge in [-0.15, -0.1) is 0 Å². The maximum Gasteiger partial charge on any atom is 0.387 e. The highest BCUT2D eigenvalue weighted by atomic mass is 32.2. The first-order chi connectivity index (χ1) is 17.0. The van der Waals surface area contributed by atoms with Gasteiger partial charge in [0.05, 0.1) is 17.1 Å². The van der Waals surface area contributed by atoms with Gasteiger partial charge in [0.25, 0.3) is 10.0 Å². The van der Waals surface area contributed by atoms with Crippen LogP contribution in [0, 0.1) is 12.7 Å². The molecule has 0 saturated carbocycles. The van der Waals surface area contributed by atoms with Gasteiger partial charge in [0.2, 0.25) is 0 Å². The average Bonchev–Trinajstić information content (AvgIpc) is 2.81. The molecule has 1 heterocycles. The summed E-state index contributed by atoms with van der Waals surface area (Å²) in [5.74, 6) is -2.04. The summed E-state index contributed by atoms with van der Waals surface area (Å²) in [7, 11) is -4.09. The largest absolute Gasteiger partial charge is 0.486 e. The molecular formula is C25H22F3NO6S. The third-order valence-corrected chi connectivity index (χ3v) is 7.35. The smallest absolute Gasteiger partial charge is 0.387 e. The molecule has 0 aromatic heterocycles. The number of ether oxygens (including phenoxy) is 2. The molecule has 3 aromatic carbocycles. The van der Waals surface area contributed by atoms with Crippen LogP contribution in [0.4, 0.5) is 18.9 Å². The fourth-order valence-electron chi connectivity index (χ4n) is 3.96. The number of halogens is 3. The van der Waals surface area contributed by atoms with Crippen LogP contribution in [0.15, 0.2) is 65.6 Å². The minimum atomic E-state index is -4.09. The van der Waals surface area contributed by atoms with Crippen molar-refractivity contribution in [2.45, 2.75) is 37.4 Å². The maximum atomic E-state index is 14.1. The highest BCUT2D eigenvalue weighted by Crippen LogP contribution is 2.41. The van der Waals surface area contributed by atoms with Gasteiger partial charge in [-0.25, -0.2) is 12.8 Å². The van der Waals surface area contributed by atoms with Gasteiger partial charge in [-0.05, 0) is 66.4 Å². The Bertz CT molecular complexity index is 1400. The molecule has 1 aliphatic heterocycles. The number of carboxylic acid groups (broad SMARTS) is 1. The second-order valence-electron chi connectivity index (χ2n) is 8.26. The topological polar surface area (TPSA) is 93.1 Å². The predicted molar refractivity (Wildman–Crippen MR) is 125 cm³/mol. The summed E-state index contributed by atoms with van der Waals surface area (Å²) in [6.07, 6.45) is -0.861. The van der Waals surface area contributed by atoms with Crippen molar-refractivity contribution in [3.8, 4) is 22.6 Å². The van der Waals surface area contributed by atoms with Gasteiger partial charge < -0.3 is 14.6 Å². The molecule has 1 aliphatic rings. The molecular weight excluding hydrogens is 499 g/mol. The highest BCUT2D eigenvalue weighted by molar-refractivity contribution is 7.92. The number of nitrogens with zero attached hydrogens (tertiary/aromatic N) is 1. The molecule has 0 aliphatic carbocycles. The number of benzene rings is 3. The van der Waals surface area contributed by atoms with Crippen molar-refractivity contribution in [2.75, 3.05) is 10.8 Å². The molecule has 190 valence electrons. The molecule has 0 fully saturated rings. The van der Waals surface area contributed by atoms with Crippen LogP contribution in [0.1, 0.15) is 18.4 Å². The van der Waals surface area contributed by atoms with Crippen LogP contribution in [-0.2, 0) is 14.8 Å². The Morgan fingerprint density at radius 2 is 1.92 bits per heavy atom. The van der Waals surface area contributed by atoms with E-state index in [0.29, 0.717) is 5.56 Å². The van der Waals surface area contributed by atoms with Gasteiger partial charge in [-0.3, -0.25) is 9.10 Å². The summed E-state index contributed by atoms with van der Waals surface area (Å²) in [4.78, 5) is 11.1. The third-order valence-electron chi connectivity index (χ3n) is 5.58. The van der Waals surface area contributed by atoms with Crippen molar-refractivity contribution >= 4 is 21.7 Å². The molecule has 1 N–H and O–H groups in total. The molecule has 1 atom stereocenters. The molecule has 3 aromatic rings. The van der Waals surface area contributed by atoms with Crippen molar-refractivity contribution in [2.24, 2.45) is 0 Å². The van der Waals surface area contributed by atoms with Crippen molar-refractivity contribution in [1.29, 1.82) is 0 Å². The molecule has 11 heteroatoms. The molecule has 7 nitrogen and oxygen atoms in total. The number of rotatable bonds is 8. The normalized spacial score (nSPS) is 15.4. The number of anilines is 1. The highest BCUT2D eigenvalue weighted by Gasteiger charge is 2.35. The summed E-state index contributed by atoms with van der Waals surface area (Å²) in [5.41, 5.74) is 1.41. The van der Waals surface area contributed by atoms with Crippen LogP contribution in [-0.4, -0.2) is 38.8 Å². The second kappa shape index (κ2) is 10.1. The van der Waals surface area contributed by atoms with E-state index in [4.69, 9.17) is 9.84 Å². The van der Waals surface area contributed by atoms with Gasteiger partial charge in [-0.1, -0.05) is 18.2 Å². The summed E-state index contributed by atoms with van der Waals surface area (Å²) in [6.45, 7) is -1.54. The van der Waals surface area contributed by atoms with E-state index in [-0.39, 0.29) is 47.0 Å². The zero-order valence-corrected chi connectivity index (χ0v) is 19.8. The Labute approximate surface area is 205 Å². The minimum Gasteiger partial charge on any atom is -0.486 e. The fraction of sp³-hybridized carbons (Fsp3) is 0.240. The first kappa shape index (κ1) is 25.4. The Kier molecular flexibility index (Phi) is 7.11. The number of carbonyl (C=O) groups is 1. The van der Waals surface area contributed by atoms with Crippen molar-refractivity contribution in [1.82, 2.24) is 0 Å². The number of hydrogen-bond acceptors (Lipinski definition) is 5. The van der Waals surface area contributed by atoms with E-state index in [1.54, 1.807) is 19.1 Å². The lowest BCUT2D eigenvalue weighted by molar-refractivity contribution is -0.137. The molecule has 0 bridgehead atoms. The lowest BCUT2D eigenvalue weighted by atomic mass is 10.0. The SMILES string of the molecule is Cc1cccc(S(=O)(=O)N2C[C@H](CCC(=O)O)Oc3ccc(-c4cc(F)cc(OC(F)F)c4)cc32)c1. The van der Waals surface area contributed by atoms with E-state index in [2.05, 4.69) is 4.74 Å². The van der Waals surface area contributed by atoms with Crippen molar-refractivity contribution in [3.63, 3.8) is 0 Å². The monoisotopic (exact) mass is 521 g/mol. The van der Waals surface area contributed by atoms with E-state index in [1.807, 2.05) is 0 Å². The molecule has 0 amide bonds. The van der Waals surface area contributed by atoms with Gasteiger partial charge in [0, 0.05) is 12.5 Å². The quantitative estimate of drug-likeness (QED) is 0.437. The number of hydrogen-bond donors (Lipinski definition) is 1. The molecule has 0 radical (unpaired) electrons. The predicted octanol–water partition coefficient (Wildman–Crippen LogP) is 5.22. The number of aryl methyl sites for hydroxylation is 1. The van der Waals surface area contributed by atoms with E-state index < -0.39 is 34.5 Å². The average molecular weight is 522 g/mol. The number of carboxylic acids is 1. The van der Waals surface area contributed by atoms with Crippen molar-refractivity contribution < 1.29 is 41.0 Å². The van der Waals surface area contributed by atoms with Crippen LogP contribution in [0.3, 0.4) is 0 Å². The lowest BCUT2D eigenvalue weighted by Crippen LogP contribution is -2.43. The Hall–Kier alpha value is -3.73. The second-order valence-corrected chi connectivity index (χ2v) is 10.1. The van der Waals surface area contributed by atoms with Crippen molar-refractivity contribution in [3.05, 3.63) is 72.0 Å². The zero-order valence-electron chi connectivity index (χ0n) is 19.0. The number of alkyl halides is 2. The minimum absolute atomic E-state index is 0.0381. The maximum absolute atomic E-state index is 14.1. The van der Waals surface area contributed by atoms with Crippen LogP contribution in [0.25, 0.3) is 11.1 Å². The van der Waals surface area contributed by atoms with Crippen LogP contribution in [0.5, 0.6) is 11.5 Å². The summed E-state index contributed by atoms with van der Waals surface area (Å²) in [5, 5.41) is 9.06. The van der Waals surface area contributed by atoms with Gasteiger partial charge >= 0.3 is 12.6 Å². The van der Waals surface area contributed by atoms with E-state index in [1.165, 1.54) is 36.4 Å². The molecule has 36 heavy (non-hydrogen) atoms. The Morgan fingerprint density at radius 1 is 1.14 bits per heavy atom. The summed E-state index contributed by atoms with van der Waals surface area (Å²) in [6, 6.07) is 13.9. The van der Waals surface area contributed by atoms with Crippen LogP contribution < -0.4 is 13.8 Å². The van der Waals surface area contributed by atoms with Crippen LogP contribution in [0.2, 0.25) is 0 Å². The Morgan fingerprint density at radius 3 is 2.61 bits per heavy atom. The third kappa shape index (κ3) is 5.56. The lowest BCUT2D eigenvalue weighted by Gasteiger charge is -2.35. The standard InChI is InChI=1S/C25H22F3NO6S/c1-15-3-2-4-21(9-15)36(32,33)29-14-19(6-8-24(30)31)34-23-7-5-16(12-22(23)29)17-10-18(26)13-20(11-17)35-25(27)28/h2-5,7,9-13,19,25H,6,8,14H2,1H3,(H,30,31)/t19-/m0/s1. The van der Waals surface area contributed by atoms with E-state index >= 15 is 0 Å². The Balaban J connectivity index is 1.80. The van der Waals surface area contributed by atoms with E-state index in [0.717, 1.165) is 22.0 Å². The first-order valence-corrected chi connectivity index (χ1v) is 12.3. The van der Waals surface area contributed by atoms with Gasteiger partial charge in [0.1, 0.15) is 23.4 Å². The first-order valence-electron chi connectivity index (χ1n) is 10.9. The number of fused-ring (bicyclic) bond motifs is 1. The number of aliphatic carboxylic acids is 1. The summed E-state index contributed by atoms with van der Waals surface area (Å²) < 4.78 is 78.1. The summed E-state index contributed by atoms with van der Waals surface area (Å²) >= 11 is 0. The molecule has 0 saturated heterocycles. The van der Waals surface area contributed by atoms with Gasteiger partial charge in [0.15, 0.2) is 0 Å². The molecule has 0 unspecified atom stereocenters. The molecule has 4 rings (SSSR count). The van der Waals surface area contributed by atoms with E-state index in [9.17, 15) is 26.4 Å².